The minimum absolute atomic E-state index is 0.0100. The summed E-state index contributed by atoms with van der Waals surface area (Å²) in [6.07, 6.45) is 1.48. The standard InChI is InChI=1S/C13H27NO2/c1-11-10-15-12(2)9-14(11)7-6-8-16-13(3,4)5/h11-12H,6-10H2,1-5H3/t11-,12-/m0/s1. The highest BCUT2D eigenvalue weighted by Crippen LogP contribution is 2.12. The van der Waals surface area contributed by atoms with Crippen LogP contribution in [0.2, 0.25) is 0 Å². The molecule has 0 radical (unpaired) electrons. The van der Waals surface area contributed by atoms with Crippen LogP contribution in [0.1, 0.15) is 41.0 Å². The highest BCUT2D eigenvalue weighted by Gasteiger charge is 2.22. The van der Waals surface area contributed by atoms with E-state index in [-0.39, 0.29) is 5.60 Å². The van der Waals surface area contributed by atoms with Crippen molar-refractivity contribution in [1.82, 2.24) is 4.90 Å². The maximum Gasteiger partial charge on any atom is 0.0674 e. The van der Waals surface area contributed by atoms with E-state index < -0.39 is 0 Å². The zero-order valence-electron chi connectivity index (χ0n) is 11.5. The summed E-state index contributed by atoms with van der Waals surface area (Å²) in [6, 6.07) is 0.547. The van der Waals surface area contributed by atoms with Gasteiger partial charge in [0.05, 0.1) is 18.3 Å². The van der Waals surface area contributed by atoms with Crippen LogP contribution < -0.4 is 0 Å². The number of rotatable bonds is 4. The van der Waals surface area contributed by atoms with Crippen molar-refractivity contribution in [1.29, 1.82) is 0 Å². The van der Waals surface area contributed by atoms with Gasteiger partial charge >= 0.3 is 0 Å². The third-order valence-electron chi connectivity index (χ3n) is 2.86. The molecular weight excluding hydrogens is 202 g/mol. The van der Waals surface area contributed by atoms with Gasteiger partial charge in [0.25, 0.3) is 0 Å². The molecule has 16 heavy (non-hydrogen) atoms. The minimum Gasteiger partial charge on any atom is -0.376 e. The number of morpholine rings is 1. The molecular formula is C13H27NO2. The van der Waals surface area contributed by atoms with Crippen molar-refractivity contribution in [2.24, 2.45) is 0 Å². The van der Waals surface area contributed by atoms with Gasteiger partial charge < -0.3 is 9.47 Å². The van der Waals surface area contributed by atoms with Gasteiger partial charge in [-0.25, -0.2) is 0 Å². The summed E-state index contributed by atoms with van der Waals surface area (Å²) in [4.78, 5) is 2.50. The molecule has 1 saturated heterocycles. The van der Waals surface area contributed by atoms with Crippen LogP contribution in [0.5, 0.6) is 0 Å². The summed E-state index contributed by atoms with van der Waals surface area (Å²) in [6.45, 7) is 14.6. The molecule has 1 aliphatic rings. The molecule has 3 nitrogen and oxygen atoms in total. The molecule has 0 aromatic rings. The van der Waals surface area contributed by atoms with Gasteiger partial charge in [-0.2, -0.15) is 0 Å². The van der Waals surface area contributed by atoms with Crippen LogP contribution in [0.25, 0.3) is 0 Å². The van der Waals surface area contributed by atoms with Gasteiger partial charge in [0.15, 0.2) is 0 Å². The molecule has 0 amide bonds. The molecule has 0 bridgehead atoms. The molecule has 1 heterocycles. The lowest BCUT2D eigenvalue weighted by Crippen LogP contribution is -2.47. The van der Waals surface area contributed by atoms with Gasteiger partial charge in [-0.05, 0) is 41.0 Å². The van der Waals surface area contributed by atoms with Gasteiger partial charge in [0.2, 0.25) is 0 Å². The Morgan fingerprint density at radius 3 is 2.62 bits per heavy atom. The molecule has 0 N–H and O–H groups in total. The molecule has 3 heteroatoms. The number of nitrogens with zero attached hydrogens (tertiary/aromatic N) is 1. The molecule has 96 valence electrons. The number of hydrogen-bond acceptors (Lipinski definition) is 3. The summed E-state index contributed by atoms with van der Waals surface area (Å²) in [5.41, 5.74) is -0.0100. The van der Waals surface area contributed by atoms with Gasteiger partial charge in [-0.1, -0.05) is 0 Å². The van der Waals surface area contributed by atoms with Crippen LogP contribution in [0, 0.1) is 0 Å². The van der Waals surface area contributed by atoms with Crippen molar-refractivity contribution in [2.45, 2.75) is 58.8 Å². The Morgan fingerprint density at radius 2 is 2.00 bits per heavy atom. The van der Waals surface area contributed by atoms with E-state index in [1.165, 1.54) is 0 Å². The average molecular weight is 229 g/mol. The second-order valence-corrected chi connectivity index (χ2v) is 5.80. The fraction of sp³-hybridized carbons (Fsp3) is 1.00. The first-order valence-electron chi connectivity index (χ1n) is 6.38. The Bertz CT molecular complexity index is 201. The lowest BCUT2D eigenvalue weighted by molar-refractivity contribution is -0.0563. The first-order chi connectivity index (χ1) is 7.38. The molecule has 2 atom stereocenters. The van der Waals surface area contributed by atoms with Crippen LogP contribution in [0.15, 0.2) is 0 Å². The fourth-order valence-corrected chi connectivity index (χ4v) is 1.93. The van der Waals surface area contributed by atoms with Gasteiger partial charge in [-0.15, -0.1) is 0 Å². The SMILES string of the molecule is C[C@H]1CN(CCCOC(C)(C)C)[C@@H](C)CO1. The Hall–Kier alpha value is -0.120. The summed E-state index contributed by atoms with van der Waals surface area (Å²) >= 11 is 0. The van der Waals surface area contributed by atoms with Crippen molar-refractivity contribution in [3.63, 3.8) is 0 Å². The van der Waals surface area contributed by atoms with Gasteiger partial charge in [-0.3, -0.25) is 4.90 Å². The third kappa shape index (κ3) is 5.28. The van der Waals surface area contributed by atoms with E-state index in [4.69, 9.17) is 9.47 Å². The van der Waals surface area contributed by atoms with E-state index in [0.29, 0.717) is 12.1 Å². The molecule has 0 unspecified atom stereocenters. The lowest BCUT2D eigenvalue weighted by atomic mass is 10.2. The number of hydrogen-bond donors (Lipinski definition) is 0. The van der Waals surface area contributed by atoms with Crippen LogP contribution in [-0.4, -0.2) is 49.0 Å². The Balaban J connectivity index is 2.16. The van der Waals surface area contributed by atoms with Gasteiger partial charge in [0.1, 0.15) is 0 Å². The van der Waals surface area contributed by atoms with Gasteiger partial charge in [0, 0.05) is 25.7 Å². The summed E-state index contributed by atoms with van der Waals surface area (Å²) in [5.74, 6) is 0. The van der Waals surface area contributed by atoms with Crippen LogP contribution in [0.4, 0.5) is 0 Å². The number of ether oxygens (including phenoxy) is 2. The zero-order chi connectivity index (χ0) is 12.2. The van der Waals surface area contributed by atoms with E-state index in [2.05, 4.69) is 39.5 Å². The molecule has 1 aliphatic heterocycles. The van der Waals surface area contributed by atoms with Crippen LogP contribution in [-0.2, 0) is 9.47 Å². The normalized spacial score (nSPS) is 28.3. The van der Waals surface area contributed by atoms with Crippen LogP contribution >= 0.6 is 0 Å². The fourth-order valence-electron chi connectivity index (χ4n) is 1.93. The Kier molecular flexibility index (Phi) is 5.22. The predicted octanol–water partition coefficient (Wildman–Crippen LogP) is 2.30. The van der Waals surface area contributed by atoms with Crippen molar-refractivity contribution < 1.29 is 9.47 Å². The highest BCUT2D eigenvalue weighted by molar-refractivity contribution is 4.75. The molecule has 0 saturated carbocycles. The van der Waals surface area contributed by atoms with E-state index in [9.17, 15) is 0 Å². The van der Waals surface area contributed by atoms with E-state index in [0.717, 1.165) is 32.7 Å². The zero-order valence-corrected chi connectivity index (χ0v) is 11.5. The molecule has 0 aromatic heterocycles. The van der Waals surface area contributed by atoms with Crippen molar-refractivity contribution in [3.05, 3.63) is 0 Å². The van der Waals surface area contributed by atoms with E-state index in [1.807, 2.05) is 0 Å². The van der Waals surface area contributed by atoms with Crippen molar-refractivity contribution in [2.75, 3.05) is 26.3 Å². The van der Waals surface area contributed by atoms with E-state index in [1.54, 1.807) is 0 Å². The topological polar surface area (TPSA) is 21.7 Å². The highest BCUT2D eigenvalue weighted by atomic mass is 16.5. The molecule has 0 aliphatic carbocycles. The lowest BCUT2D eigenvalue weighted by Gasteiger charge is -2.36. The predicted molar refractivity (Wildman–Crippen MR) is 66.8 cm³/mol. The summed E-state index contributed by atoms with van der Waals surface area (Å²) in [5, 5.41) is 0. The first-order valence-corrected chi connectivity index (χ1v) is 6.38. The van der Waals surface area contributed by atoms with Crippen molar-refractivity contribution >= 4 is 0 Å². The molecule has 0 aromatic carbocycles. The monoisotopic (exact) mass is 229 g/mol. The molecule has 1 fully saturated rings. The maximum atomic E-state index is 5.72. The average Bonchev–Trinajstić information content (AvgIpc) is 2.16. The van der Waals surface area contributed by atoms with Crippen molar-refractivity contribution in [3.8, 4) is 0 Å². The molecule has 0 spiro atoms. The van der Waals surface area contributed by atoms with E-state index >= 15 is 0 Å². The largest absolute Gasteiger partial charge is 0.376 e. The minimum atomic E-state index is -0.0100. The second kappa shape index (κ2) is 5.99. The Labute approximate surface area is 100 Å². The smallest absolute Gasteiger partial charge is 0.0674 e. The maximum absolute atomic E-state index is 5.72. The quantitative estimate of drug-likeness (QED) is 0.690. The van der Waals surface area contributed by atoms with Crippen LogP contribution in [0.3, 0.4) is 0 Å². The summed E-state index contributed by atoms with van der Waals surface area (Å²) in [7, 11) is 0. The first kappa shape index (κ1) is 13.9. The Morgan fingerprint density at radius 1 is 1.31 bits per heavy atom. The second-order valence-electron chi connectivity index (χ2n) is 5.80. The molecule has 1 rings (SSSR count). The third-order valence-corrected chi connectivity index (χ3v) is 2.86. The summed E-state index contributed by atoms with van der Waals surface area (Å²) < 4.78 is 11.3.